The highest BCUT2D eigenvalue weighted by Gasteiger charge is 2.31. The third-order valence-corrected chi connectivity index (χ3v) is 5.15. The largest absolute Gasteiger partial charge is 0.382 e. The van der Waals surface area contributed by atoms with E-state index in [4.69, 9.17) is 10.5 Å². The van der Waals surface area contributed by atoms with Gasteiger partial charge in [-0.05, 0) is 39.0 Å². The van der Waals surface area contributed by atoms with Gasteiger partial charge >= 0.3 is 0 Å². The topological polar surface area (TPSA) is 89.3 Å². The molecule has 116 valence electrons. The molecule has 1 aromatic rings. The van der Waals surface area contributed by atoms with E-state index in [1.165, 1.54) is 17.8 Å². The second-order valence-electron chi connectivity index (χ2n) is 6.18. The maximum absolute atomic E-state index is 12.4. The Morgan fingerprint density at radius 1 is 1.48 bits per heavy atom. The molecule has 6 nitrogen and oxygen atoms in total. The highest BCUT2D eigenvalue weighted by Crippen LogP contribution is 2.30. The molecule has 2 heterocycles. The number of carbonyl (C=O) groups excluding carboxylic acids is 1. The lowest BCUT2D eigenvalue weighted by molar-refractivity contribution is 0.0274. The van der Waals surface area contributed by atoms with Gasteiger partial charge in [0, 0.05) is 12.6 Å². The Kier molecular flexibility index (Phi) is 4.03. The highest BCUT2D eigenvalue weighted by molar-refractivity contribution is 7.18. The van der Waals surface area contributed by atoms with Gasteiger partial charge in [0.2, 0.25) is 0 Å². The summed E-state index contributed by atoms with van der Waals surface area (Å²) in [6.07, 6.45) is 5.46. The number of nitrogen functional groups attached to an aromatic ring is 1. The first kappa shape index (κ1) is 14.6. The first-order valence-electron chi connectivity index (χ1n) is 7.49. The van der Waals surface area contributed by atoms with Gasteiger partial charge in [-0.2, -0.15) is 0 Å². The predicted molar refractivity (Wildman–Crippen MR) is 83.7 cm³/mol. The summed E-state index contributed by atoms with van der Waals surface area (Å²) in [5, 5.41) is 7.12. The van der Waals surface area contributed by atoms with Gasteiger partial charge < -0.3 is 21.1 Å². The van der Waals surface area contributed by atoms with E-state index in [0.29, 0.717) is 23.3 Å². The minimum absolute atomic E-state index is 0.153. The zero-order valence-electron chi connectivity index (χ0n) is 12.3. The Balaban J connectivity index is 1.66. The zero-order valence-corrected chi connectivity index (χ0v) is 13.1. The molecule has 0 aromatic carbocycles. The summed E-state index contributed by atoms with van der Waals surface area (Å²) >= 11 is 1.33. The number of ether oxygens (including phenoxy) is 1. The molecule has 4 N–H and O–H groups in total. The zero-order chi connectivity index (χ0) is 14.9. The summed E-state index contributed by atoms with van der Waals surface area (Å²) in [5.41, 5.74) is 5.58. The Morgan fingerprint density at radius 2 is 2.29 bits per heavy atom. The molecule has 3 rings (SSSR count). The van der Waals surface area contributed by atoms with Crippen molar-refractivity contribution in [1.82, 2.24) is 10.3 Å². The number of hydrogen-bond acceptors (Lipinski definition) is 6. The Labute approximate surface area is 128 Å². The normalized spacial score (nSPS) is 26.1. The molecule has 1 atom stereocenters. The van der Waals surface area contributed by atoms with Gasteiger partial charge in [-0.15, -0.1) is 0 Å². The average Bonchev–Trinajstić information content (AvgIpc) is 2.75. The van der Waals surface area contributed by atoms with E-state index in [1.54, 1.807) is 0 Å². The Bertz CT molecular complexity index is 521. The first-order valence-corrected chi connectivity index (χ1v) is 8.30. The first-order chi connectivity index (χ1) is 10.1. The molecule has 1 aliphatic heterocycles. The van der Waals surface area contributed by atoms with Gasteiger partial charge in [0.15, 0.2) is 5.13 Å². The van der Waals surface area contributed by atoms with Crippen LogP contribution in [0.25, 0.3) is 0 Å². The van der Waals surface area contributed by atoms with E-state index in [9.17, 15) is 4.79 Å². The third-order valence-electron chi connectivity index (χ3n) is 4.15. The minimum atomic E-state index is -0.312. The van der Waals surface area contributed by atoms with Crippen LogP contribution in [0.1, 0.15) is 48.7 Å². The van der Waals surface area contributed by atoms with E-state index in [2.05, 4.69) is 15.6 Å². The summed E-state index contributed by atoms with van der Waals surface area (Å²) in [4.78, 5) is 17.2. The van der Waals surface area contributed by atoms with Crippen LogP contribution in [-0.2, 0) is 4.74 Å². The number of amides is 1. The van der Waals surface area contributed by atoms with E-state index in [-0.39, 0.29) is 11.4 Å². The van der Waals surface area contributed by atoms with Gasteiger partial charge in [0.1, 0.15) is 10.7 Å². The standard InChI is InChI=1S/C14H22N4O2S/c1-14(6-3-7-20-8-14)18-12(19)10-11(15)17-13(21-10)16-9-4-2-5-9/h9H,2-8,15H2,1H3,(H,16,17)(H,18,19). The van der Waals surface area contributed by atoms with Crippen LogP contribution < -0.4 is 16.4 Å². The molecule has 0 spiro atoms. The number of nitrogens with zero attached hydrogens (tertiary/aromatic N) is 1. The summed E-state index contributed by atoms with van der Waals surface area (Å²) in [6.45, 7) is 3.32. The molecular formula is C14H22N4O2S. The van der Waals surface area contributed by atoms with Crippen LogP contribution in [0.5, 0.6) is 0 Å². The van der Waals surface area contributed by atoms with E-state index < -0.39 is 0 Å². The maximum Gasteiger partial charge on any atom is 0.265 e. The smallest absolute Gasteiger partial charge is 0.265 e. The van der Waals surface area contributed by atoms with Crippen LogP contribution in [0.2, 0.25) is 0 Å². The van der Waals surface area contributed by atoms with Crippen molar-refractivity contribution < 1.29 is 9.53 Å². The number of anilines is 2. The number of hydrogen-bond donors (Lipinski definition) is 3. The quantitative estimate of drug-likeness (QED) is 0.791. The van der Waals surface area contributed by atoms with Crippen molar-refractivity contribution in [3.8, 4) is 0 Å². The van der Waals surface area contributed by atoms with E-state index >= 15 is 0 Å². The van der Waals surface area contributed by atoms with E-state index in [0.717, 1.165) is 37.4 Å². The maximum atomic E-state index is 12.4. The van der Waals surface area contributed by atoms with Crippen LogP contribution in [0.3, 0.4) is 0 Å². The second-order valence-corrected chi connectivity index (χ2v) is 7.18. The van der Waals surface area contributed by atoms with Crippen molar-refractivity contribution in [2.45, 2.75) is 50.6 Å². The molecule has 2 fully saturated rings. The highest BCUT2D eigenvalue weighted by atomic mass is 32.1. The lowest BCUT2D eigenvalue weighted by Crippen LogP contribution is -2.51. The van der Waals surface area contributed by atoms with Crippen molar-refractivity contribution in [2.75, 3.05) is 24.3 Å². The molecule has 1 aromatic heterocycles. The summed E-state index contributed by atoms with van der Waals surface area (Å²) in [5.74, 6) is 0.152. The fourth-order valence-corrected chi connectivity index (χ4v) is 3.50. The number of nitrogens with one attached hydrogen (secondary N) is 2. The van der Waals surface area contributed by atoms with E-state index in [1.807, 2.05) is 6.92 Å². The van der Waals surface area contributed by atoms with Gasteiger partial charge in [-0.1, -0.05) is 11.3 Å². The van der Waals surface area contributed by atoms with Gasteiger partial charge in [0.05, 0.1) is 12.1 Å². The summed E-state index contributed by atoms with van der Waals surface area (Å²) < 4.78 is 5.46. The minimum Gasteiger partial charge on any atom is -0.382 e. The van der Waals surface area contributed by atoms with Gasteiger partial charge in [-0.25, -0.2) is 4.98 Å². The fraction of sp³-hybridized carbons (Fsp3) is 0.714. The Morgan fingerprint density at radius 3 is 2.90 bits per heavy atom. The molecule has 2 aliphatic rings. The molecule has 1 saturated carbocycles. The Hall–Kier alpha value is -1.34. The number of carbonyl (C=O) groups is 1. The molecule has 1 unspecified atom stereocenters. The van der Waals surface area contributed by atoms with Crippen molar-refractivity contribution in [3.05, 3.63) is 4.88 Å². The number of rotatable bonds is 4. The lowest BCUT2D eigenvalue weighted by atomic mass is 9.93. The number of nitrogens with two attached hydrogens (primary N) is 1. The molecule has 0 radical (unpaired) electrons. The number of aromatic nitrogens is 1. The van der Waals surface area contributed by atoms with Crippen LogP contribution in [0.4, 0.5) is 10.9 Å². The molecule has 7 heteroatoms. The third kappa shape index (κ3) is 3.29. The fourth-order valence-electron chi connectivity index (χ4n) is 2.65. The monoisotopic (exact) mass is 310 g/mol. The van der Waals surface area contributed by atoms with Gasteiger partial charge in [-0.3, -0.25) is 4.79 Å². The molecule has 1 aliphatic carbocycles. The average molecular weight is 310 g/mol. The van der Waals surface area contributed by atoms with Crippen molar-refractivity contribution in [2.24, 2.45) is 0 Å². The second kappa shape index (κ2) is 5.81. The summed E-state index contributed by atoms with van der Waals surface area (Å²) in [6, 6.07) is 0.482. The SMILES string of the molecule is CC1(NC(=O)c2sc(NC3CCC3)nc2N)CCCOC1. The summed E-state index contributed by atoms with van der Waals surface area (Å²) in [7, 11) is 0. The van der Waals surface area contributed by atoms with Gasteiger partial charge in [0.25, 0.3) is 5.91 Å². The van der Waals surface area contributed by atoms with Crippen LogP contribution in [-0.4, -0.2) is 35.7 Å². The molecule has 21 heavy (non-hydrogen) atoms. The molecule has 1 amide bonds. The number of thiazole rings is 1. The lowest BCUT2D eigenvalue weighted by Gasteiger charge is -2.34. The van der Waals surface area contributed by atoms with Crippen molar-refractivity contribution >= 4 is 28.2 Å². The molecule has 0 bridgehead atoms. The molecule has 1 saturated heterocycles. The van der Waals surface area contributed by atoms with Crippen molar-refractivity contribution in [3.63, 3.8) is 0 Å². The van der Waals surface area contributed by atoms with Crippen LogP contribution >= 0.6 is 11.3 Å². The predicted octanol–water partition coefficient (Wildman–Crippen LogP) is 1.99. The van der Waals surface area contributed by atoms with Crippen LogP contribution in [0, 0.1) is 0 Å². The molecular weight excluding hydrogens is 288 g/mol. The van der Waals surface area contributed by atoms with Crippen molar-refractivity contribution in [1.29, 1.82) is 0 Å². The van der Waals surface area contributed by atoms with Crippen LogP contribution in [0.15, 0.2) is 0 Å².